The molecule has 4 nitrogen and oxygen atoms in total. The standard InChI is InChI=1S/C12H14ClN3O/c1-9(14-2)16-8-12(7-15-16)17-11-5-3-4-10(13)6-11/h3-9,14H,1-2H3. The molecule has 0 bridgehead atoms. The fourth-order valence-electron chi connectivity index (χ4n) is 1.38. The number of aromatic nitrogens is 2. The van der Waals surface area contributed by atoms with E-state index in [2.05, 4.69) is 10.4 Å². The van der Waals surface area contributed by atoms with Crippen LogP contribution in [0.25, 0.3) is 0 Å². The van der Waals surface area contributed by atoms with Crippen molar-refractivity contribution < 1.29 is 4.74 Å². The van der Waals surface area contributed by atoms with Crippen LogP contribution in [0.5, 0.6) is 11.5 Å². The Morgan fingerprint density at radius 2 is 2.24 bits per heavy atom. The largest absolute Gasteiger partial charge is 0.454 e. The molecule has 0 saturated carbocycles. The van der Waals surface area contributed by atoms with E-state index in [9.17, 15) is 0 Å². The van der Waals surface area contributed by atoms with Gasteiger partial charge in [0, 0.05) is 5.02 Å². The molecular formula is C12H14ClN3O. The Hall–Kier alpha value is -1.52. The van der Waals surface area contributed by atoms with Crippen LogP contribution in [0.15, 0.2) is 36.7 Å². The molecule has 2 rings (SSSR count). The van der Waals surface area contributed by atoms with E-state index in [1.54, 1.807) is 23.0 Å². The number of benzene rings is 1. The van der Waals surface area contributed by atoms with Gasteiger partial charge in [0.1, 0.15) is 5.75 Å². The lowest BCUT2D eigenvalue weighted by Crippen LogP contribution is -2.19. The molecule has 1 aromatic carbocycles. The van der Waals surface area contributed by atoms with Gasteiger partial charge >= 0.3 is 0 Å². The Morgan fingerprint density at radius 1 is 1.41 bits per heavy atom. The molecule has 0 radical (unpaired) electrons. The molecule has 2 aromatic rings. The molecule has 5 heteroatoms. The molecule has 1 atom stereocenters. The van der Waals surface area contributed by atoms with E-state index in [-0.39, 0.29) is 6.17 Å². The first-order valence-electron chi connectivity index (χ1n) is 5.34. The van der Waals surface area contributed by atoms with Gasteiger partial charge in [0.2, 0.25) is 0 Å². The molecule has 0 saturated heterocycles. The number of halogens is 1. The molecular weight excluding hydrogens is 238 g/mol. The van der Waals surface area contributed by atoms with Crippen LogP contribution in [0.2, 0.25) is 5.02 Å². The minimum atomic E-state index is 0.131. The van der Waals surface area contributed by atoms with Crippen molar-refractivity contribution in [1.82, 2.24) is 15.1 Å². The highest BCUT2D eigenvalue weighted by atomic mass is 35.5. The third-order valence-corrected chi connectivity index (χ3v) is 2.66. The second-order valence-corrected chi connectivity index (χ2v) is 4.12. The number of hydrogen-bond acceptors (Lipinski definition) is 3. The maximum absolute atomic E-state index is 5.88. The first-order valence-corrected chi connectivity index (χ1v) is 5.71. The van der Waals surface area contributed by atoms with Gasteiger partial charge in [-0.2, -0.15) is 5.10 Å². The van der Waals surface area contributed by atoms with Gasteiger partial charge in [0.05, 0.1) is 18.6 Å². The summed E-state index contributed by atoms with van der Waals surface area (Å²) in [6.45, 7) is 2.01. The predicted octanol–water partition coefficient (Wildman–Crippen LogP) is 3.07. The monoisotopic (exact) mass is 251 g/mol. The van der Waals surface area contributed by atoms with Crippen molar-refractivity contribution in [2.45, 2.75) is 13.1 Å². The second kappa shape index (κ2) is 5.21. The van der Waals surface area contributed by atoms with Crippen molar-refractivity contribution in [2.24, 2.45) is 0 Å². The highest BCUT2D eigenvalue weighted by Gasteiger charge is 2.05. The molecule has 1 heterocycles. The van der Waals surface area contributed by atoms with Crippen LogP contribution in [0.4, 0.5) is 0 Å². The maximum Gasteiger partial charge on any atom is 0.165 e. The second-order valence-electron chi connectivity index (χ2n) is 3.68. The van der Waals surface area contributed by atoms with E-state index >= 15 is 0 Å². The maximum atomic E-state index is 5.88. The summed E-state index contributed by atoms with van der Waals surface area (Å²) in [6, 6.07) is 7.27. The minimum absolute atomic E-state index is 0.131. The van der Waals surface area contributed by atoms with Gasteiger partial charge in [0.25, 0.3) is 0 Å². The van der Waals surface area contributed by atoms with Crippen LogP contribution in [0.1, 0.15) is 13.1 Å². The van der Waals surface area contributed by atoms with Crippen molar-refractivity contribution in [3.8, 4) is 11.5 Å². The first-order chi connectivity index (χ1) is 8.19. The average Bonchev–Trinajstić information content (AvgIpc) is 2.76. The summed E-state index contributed by atoms with van der Waals surface area (Å²) in [7, 11) is 1.88. The first kappa shape index (κ1) is 12.0. The number of nitrogens with one attached hydrogen (secondary N) is 1. The molecule has 17 heavy (non-hydrogen) atoms. The smallest absolute Gasteiger partial charge is 0.165 e. The third-order valence-electron chi connectivity index (χ3n) is 2.42. The summed E-state index contributed by atoms with van der Waals surface area (Å²) in [5.74, 6) is 1.39. The Labute approximate surface area is 105 Å². The van der Waals surface area contributed by atoms with E-state index in [4.69, 9.17) is 16.3 Å². The summed E-state index contributed by atoms with van der Waals surface area (Å²) in [5.41, 5.74) is 0. The molecule has 1 unspecified atom stereocenters. The summed E-state index contributed by atoms with van der Waals surface area (Å²) >= 11 is 5.88. The highest BCUT2D eigenvalue weighted by molar-refractivity contribution is 6.30. The lowest BCUT2D eigenvalue weighted by Gasteiger charge is -2.09. The molecule has 0 aliphatic heterocycles. The Balaban J connectivity index is 2.11. The van der Waals surface area contributed by atoms with Crippen molar-refractivity contribution in [3.63, 3.8) is 0 Å². The van der Waals surface area contributed by atoms with E-state index in [0.29, 0.717) is 16.5 Å². The quantitative estimate of drug-likeness (QED) is 0.908. The number of nitrogens with zero attached hydrogens (tertiary/aromatic N) is 2. The molecule has 1 aromatic heterocycles. The van der Waals surface area contributed by atoms with Gasteiger partial charge in [-0.1, -0.05) is 17.7 Å². The molecule has 0 fully saturated rings. The van der Waals surface area contributed by atoms with Gasteiger partial charge in [-0.3, -0.25) is 10.00 Å². The van der Waals surface area contributed by atoms with Crippen molar-refractivity contribution in [2.75, 3.05) is 7.05 Å². The molecule has 90 valence electrons. The number of hydrogen-bond donors (Lipinski definition) is 1. The normalized spacial score (nSPS) is 12.4. The summed E-state index contributed by atoms with van der Waals surface area (Å²) in [6.07, 6.45) is 3.64. The zero-order valence-corrected chi connectivity index (χ0v) is 10.5. The van der Waals surface area contributed by atoms with Gasteiger partial charge in [0.15, 0.2) is 5.75 Å². The van der Waals surface area contributed by atoms with Crippen LogP contribution < -0.4 is 10.1 Å². The van der Waals surface area contributed by atoms with Crippen molar-refractivity contribution >= 4 is 11.6 Å². The topological polar surface area (TPSA) is 39.1 Å². The van der Waals surface area contributed by atoms with Crippen LogP contribution in [-0.4, -0.2) is 16.8 Å². The van der Waals surface area contributed by atoms with Gasteiger partial charge in [-0.05, 0) is 32.2 Å². The molecule has 0 aliphatic carbocycles. The lowest BCUT2D eigenvalue weighted by atomic mass is 10.3. The van der Waals surface area contributed by atoms with Crippen LogP contribution in [0, 0.1) is 0 Å². The molecule has 0 amide bonds. The zero-order valence-electron chi connectivity index (χ0n) is 9.72. The minimum Gasteiger partial charge on any atom is -0.454 e. The summed E-state index contributed by atoms with van der Waals surface area (Å²) in [5, 5.41) is 7.94. The molecule has 1 N–H and O–H groups in total. The fraction of sp³-hybridized carbons (Fsp3) is 0.250. The van der Waals surface area contributed by atoms with E-state index in [1.807, 2.05) is 32.3 Å². The van der Waals surface area contributed by atoms with Gasteiger partial charge in [-0.15, -0.1) is 0 Å². The van der Waals surface area contributed by atoms with Crippen LogP contribution in [0.3, 0.4) is 0 Å². The van der Waals surface area contributed by atoms with Crippen molar-refractivity contribution in [3.05, 3.63) is 41.7 Å². The van der Waals surface area contributed by atoms with E-state index in [0.717, 1.165) is 0 Å². The lowest BCUT2D eigenvalue weighted by molar-refractivity contribution is 0.428. The van der Waals surface area contributed by atoms with Gasteiger partial charge in [-0.25, -0.2) is 0 Å². The summed E-state index contributed by atoms with van der Waals surface area (Å²) < 4.78 is 7.43. The third kappa shape index (κ3) is 2.99. The molecule has 0 aliphatic rings. The SMILES string of the molecule is CNC(C)n1cc(Oc2cccc(Cl)c2)cn1. The van der Waals surface area contributed by atoms with Crippen LogP contribution >= 0.6 is 11.6 Å². The molecule has 0 spiro atoms. The Morgan fingerprint density at radius 3 is 2.94 bits per heavy atom. The Bertz CT molecular complexity index is 498. The zero-order chi connectivity index (χ0) is 12.3. The Kier molecular flexibility index (Phi) is 3.66. The van der Waals surface area contributed by atoms with Crippen molar-refractivity contribution in [1.29, 1.82) is 0 Å². The highest BCUT2D eigenvalue weighted by Crippen LogP contribution is 2.23. The van der Waals surface area contributed by atoms with E-state index < -0.39 is 0 Å². The van der Waals surface area contributed by atoms with Crippen LogP contribution in [-0.2, 0) is 0 Å². The summed E-state index contributed by atoms with van der Waals surface area (Å²) in [4.78, 5) is 0. The average molecular weight is 252 g/mol. The predicted molar refractivity (Wildman–Crippen MR) is 67.5 cm³/mol. The van der Waals surface area contributed by atoms with Gasteiger partial charge < -0.3 is 4.74 Å². The number of ether oxygens (including phenoxy) is 1. The van der Waals surface area contributed by atoms with E-state index in [1.165, 1.54) is 0 Å². The number of rotatable bonds is 4. The fourth-order valence-corrected chi connectivity index (χ4v) is 1.56.